The van der Waals surface area contributed by atoms with Crippen molar-refractivity contribution in [1.29, 1.82) is 0 Å². The van der Waals surface area contributed by atoms with E-state index in [0.717, 1.165) is 6.07 Å². The number of anilines is 1. The summed E-state index contributed by atoms with van der Waals surface area (Å²) in [5.74, 6) is 0.692. The van der Waals surface area contributed by atoms with E-state index in [2.05, 4.69) is 10.1 Å². The predicted octanol–water partition coefficient (Wildman–Crippen LogP) is 3.09. The Morgan fingerprint density at radius 1 is 1.29 bits per heavy atom. The fraction of sp³-hybridized carbons (Fsp3) is 0.385. The first-order valence-electron chi connectivity index (χ1n) is 6.39. The van der Waals surface area contributed by atoms with Crippen molar-refractivity contribution in [3.05, 3.63) is 41.3 Å². The molecule has 4 nitrogen and oxygen atoms in total. The van der Waals surface area contributed by atoms with Gasteiger partial charge in [0.25, 0.3) is 0 Å². The summed E-state index contributed by atoms with van der Waals surface area (Å²) >= 11 is 5.78. The second-order valence-electron chi connectivity index (χ2n) is 5.03. The van der Waals surface area contributed by atoms with E-state index in [9.17, 15) is 13.2 Å². The van der Waals surface area contributed by atoms with Gasteiger partial charge in [-0.3, -0.25) is 4.68 Å². The molecule has 1 fully saturated rings. The van der Waals surface area contributed by atoms with Crippen LogP contribution in [-0.2, 0) is 12.7 Å². The van der Waals surface area contributed by atoms with Crippen molar-refractivity contribution in [3.63, 3.8) is 0 Å². The van der Waals surface area contributed by atoms with Crippen LogP contribution in [0.25, 0.3) is 0 Å². The Hall–Kier alpha value is -1.76. The van der Waals surface area contributed by atoms with Gasteiger partial charge >= 0.3 is 6.18 Å². The third kappa shape index (κ3) is 3.12. The van der Waals surface area contributed by atoms with Gasteiger partial charge in [-0.2, -0.15) is 18.3 Å². The molecule has 0 amide bonds. The lowest BCUT2D eigenvalue weighted by Gasteiger charge is -2.40. The molecule has 1 saturated heterocycles. The van der Waals surface area contributed by atoms with Gasteiger partial charge in [0.2, 0.25) is 0 Å². The van der Waals surface area contributed by atoms with Gasteiger partial charge in [-0.1, -0.05) is 17.7 Å². The van der Waals surface area contributed by atoms with E-state index in [1.807, 2.05) is 4.90 Å². The van der Waals surface area contributed by atoms with Crippen molar-refractivity contribution < 1.29 is 13.2 Å². The van der Waals surface area contributed by atoms with Crippen molar-refractivity contribution in [2.24, 2.45) is 5.92 Å². The molecule has 8 heteroatoms. The standard InChI is InChI=1S/C13H12ClF3N4/c14-10-4-18-21(8-10)7-9-5-20(6-9)12-3-1-2-11(19-12)13(15,16)17/h1-4,8-9H,5-7H2. The van der Waals surface area contributed by atoms with Crippen LogP contribution >= 0.6 is 11.6 Å². The number of hydrogen-bond donors (Lipinski definition) is 0. The molecule has 1 aliphatic rings. The van der Waals surface area contributed by atoms with Crippen LogP contribution in [0.5, 0.6) is 0 Å². The number of aromatic nitrogens is 3. The van der Waals surface area contributed by atoms with Gasteiger partial charge in [-0.05, 0) is 12.1 Å². The molecule has 1 aliphatic heterocycles. The van der Waals surface area contributed by atoms with Crippen LogP contribution in [-0.4, -0.2) is 27.9 Å². The van der Waals surface area contributed by atoms with Crippen LogP contribution in [0.4, 0.5) is 19.0 Å². The van der Waals surface area contributed by atoms with Gasteiger partial charge < -0.3 is 4.90 Å². The molecule has 3 heterocycles. The molecular formula is C13H12ClF3N4. The van der Waals surface area contributed by atoms with E-state index in [4.69, 9.17) is 11.6 Å². The Kier molecular flexibility index (Phi) is 3.52. The normalized spacial score (nSPS) is 16.1. The maximum Gasteiger partial charge on any atom is 0.433 e. The van der Waals surface area contributed by atoms with Crippen LogP contribution in [0.15, 0.2) is 30.6 Å². The third-order valence-electron chi connectivity index (χ3n) is 3.35. The Morgan fingerprint density at radius 2 is 2.05 bits per heavy atom. The Bertz CT molecular complexity index is 634. The zero-order valence-corrected chi connectivity index (χ0v) is 11.6. The topological polar surface area (TPSA) is 34.0 Å². The molecule has 0 aromatic carbocycles. The highest BCUT2D eigenvalue weighted by atomic mass is 35.5. The van der Waals surface area contributed by atoms with E-state index >= 15 is 0 Å². The van der Waals surface area contributed by atoms with Crippen LogP contribution in [0.3, 0.4) is 0 Å². The highest BCUT2D eigenvalue weighted by Crippen LogP contribution is 2.30. The summed E-state index contributed by atoms with van der Waals surface area (Å²) in [7, 11) is 0. The number of alkyl halides is 3. The van der Waals surface area contributed by atoms with Crippen LogP contribution < -0.4 is 4.90 Å². The minimum absolute atomic E-state index is 0.331. The van der Waals surface area contributed by atoms with Crippen LogP contribution in [0, 0.1) is 5.92 Å². The van der Waals surface area contributed by atoms with Crippen molar-refractivity contribution in [1.82, 2.24) is 14.8 Å². The zero-order chi connectivity index (χ0) is 15.0. The van der Waals surface area contributed by atoms with Crippen molar-refractivity contribution in [2.45, 2.75) is 12.7 Å². The van der Waals surface area contributed by atoms with E-state index in [0.29, 0.717) is 36.4 Å². The van der Waals surface area contributed by atoms with Gasteiger partial charge in [0, 0.05) is 31.7 Å². The molecule has 0 aliphatic carbocycles. The number of pyridine rings is 1. The number of hydrogen-bond acceptors (Lipinski definition) is 3. The smallest absolute Gasteiger partial charge is 0.356 e. The fourth-order valence-electron chi connectivity index (χ4n) is 2.33. The van der Waals surface area contributed by atoms with Crippen LogP contribution in [0.2, 0.25) is 5.02 Å². The number of nitrogens with zero attached hydrogens (tertiary/aromatic N) is 4. The second-order valence-corrected chi connectivity index (χ2v) is 5.47. The van der Waals surface area contributed by atoms with E-state index in [1.54, 1.807) is 23.1 Å². The van der Waals surface area contributed by atoms with Gasteiger partial charge in [0.15, 0.2) is 0 Å². The van der Waals surface area contributed by atoms with Crippen molar-refractivity contribution in [2.75, 3.05) is 18.0 Å². The quantitative estimate of drug-likeness (QED) is 0.872. The molecule has 3 rings (SSSR count). The van der Waals surface area contributed by atoms with E-state index in [-0.39, 0.29) is 0 Å². The average Bonchev–Trinajstić information content (AvgIpc) is 2.78. The maximum absolute atomic E-state index is 12.6. The number of rotatable bonds is 3. The van der Waals surface area contributed by atoms with Crippen molar-refractivity contribution in [3.8, 4) is 0 Å². The van der Waals surface area contributed by atoms with Crippen molar-refractivity contribution >= 4 is 17.4 Å². The summed E-state index contributed by atoms with van der Waals surface area (Å²) < 4.78 is 39.6. The highest BCUT2D eigenvalue weighted by Gasteiger charge is 2.34. The molecule has 0 unspecified atom stereocenters. The average molecular weight is 317 g/mol. The molecule has 2 aromatic rings. The summed E-state index contributed by atoms with van der Waals surface area (Å²) in [6.07, 6.45) is -1.12. The SMILES string of the molecule is FC(F)(F)c1cccc(N2CC(Cn3cc(Cl)cn3)C2)n1. The molecule has 2 aromatic heterocycles. The monoisotopic (exact) mass is 316 g/mol. The van der Waals surface area contributed by atoms with Gasteiger partial charge in [0.05, 0.1) is 11.2 Å². The molecule has 112 valence electrons. The Balaban J connectivity index is 1.61. The summed E-state index contributed by atoms with van der Waals surface area (Å²) in [6.45, 7) is 2.01. The molecule has 21 heavy (non-hydrogen) atoms. The summed E-state index contributed by atoms with van der Waals surface area (Å²) in [5, 5.41) is 4.66. The molecule has 0 bridgehead atoms. The molecule has 0 radical (unpaired) electrons. The largest absolute Gasteiger partial charge is 0.433 e. The fourth-order valence-corrected chi connectivity index (χ4v) is 2.49. The Morgan fingerprint density at radius 3 is 2.67 bits per heavy atom. The van der Waals surface area contributed by atoms with Gasteiger partial charge in [-0.25, -0.2) is 4.98 Å². The Labute approximate surface area is 124 Å². The van der Waals surface area contributed by atoms with Crippen LogP contribution in [0.1, 0.15) is 5.69 Å². The number of halogens is 4. The summed E-state index contributed by atoms with van der Waals surface area (Å²) in [4.78, 5) is 5.49. The van der Waals surface area contributed by atoms with E-state index in [1.165, 1.54) is 6.07 Å². The zero-order valence-electron chi connectivity index (χ0n) is 10.9. The third-order valence-corrected chi connectivity index (χ3v) is 3.55. The lowest BCUT2D eigenvalue weighted by Crippen LogP contribution is -2.49. The lowest BCUT2D eigenvalue weighted by atomic mass is 10.0. The molecule has 0 N–H and O–H groups in total. The first-order chi connectivity index (χ1) is 9.91. The molecule has 0 saturated carbocycles. The minimum atomic E-state index is -4.41. The maximum atomic E-state index is 12.6. The molecule has 0 spiro atoms. The van der Waals surface area contributed by atoms with Gasteiger partial charge in [-0.15, -0.1) is 0 Å². The van der Waals surface area contributed by atoms with E-state index < -0.39 is 11.9 Å². The summed E-state index contributed by atoms with van der Waals surface area (Å²) in [5.41, 5.74) is -0.859. The molecular weight excluding hydrogens is 305 g/mol. The first-order valence-corrected chi connectivity index (χ1v) is 6.77. The first kappa shape index (κ1) is 14.2. The minimum Gasteiger partial charge on any atom is -0.356 e. The van der Waals surface area contributed by atoms with Gasteiger partial charge in [0.1, 0.15) is 11.5 Å². The molecule has 0 atom stereocenters. The predicted molar refractivity (Wildman–Crippen MR) is 72.2 cm³/mol. The second kappa shape index (κ2) is 5.22. The highest BCUT2D eigenvalue weighted by molar-refractivity contribution is 6.30. The lowest BCUT2D eigenvalue weighted by molar-refractivity contribution is -0.141. The summed E-state index contributed by atoms with van der Waals surface area (Å²) in [6, 6.07) is 3.95.